The summed E-state index contributed by atoms with van der Waals surface area (Å²) in [6.07, 6.45) is 1.68. The van der Waals surface area contributed by atoms with Gasteiger partial charge in [-0.3, -0.25) is 4.90 Å². The molecule has 0 aromatic carbocycles. The fourth-order valence-corrected chi connectivity index (χ4v) is 6.36. The summed E-state index contributed by atoms with van der Waals surface area (Å²) in [4.78, 5) is 1.84. The summed E-state index contributed by atoms with van der Waals surface area (Å²) in [5.41, 5.74) is 0. The largest absolute Gasteiger partial charge is 0.395 e. The van der Waals surface area contributed by atoms with E-state index in [1.165, 1.54) is 0 Å². The van der Waals surface area contributed by atoms with Gasteiger partial charge in [0, 0.05) is 19.8 Å². The summed E-state index contributed by atoms with van der Waals surface area (Å²) in [5, 5.41) is 39.2. The van der Waals surface area contributed by atoms with Gasteiger partial charge in [0.25, 0.3) is 0 Å². The summed E-state index contributed by atoms with van der Waals surface area (Å²) < 4.78 is 45.2. The summed E-state index contributed by atoms with van der Waals surface area (Å²) in [5.74, 6) is 0.0833. The van der Waals surface area contributed by atoms with Crippen molar-refractivity contribution in [3.63, 3.8) is 0 Å². The SMILES string of the molecule is OC[C@@H]1[C@@H](O)[C@H](O)[C@@H](O)CN1CCCCCOCC1CCC(C2CCCC(C(F)(F)F)C2)CC1. The van der Waals surface area contributed by atoms with Gasteiger partial charge in [-0.25, -0.2) is 0 Å². The standard InChI is InChI=1S/C25H44F3NO5/c26-25(27,28)20-6-4-5-19(13-20)18-9-7-17(8-10-18)16-34-12-3-1-2-11-29-14-22(31)24(33)23(32)21(29)15-30/h17-24,30-33H,1-16H2/t17?,18?,19?,20?,21-,22+,23-,24-/m1/s1. The van der Waals surface area contributed by atoms with Gasteiger partial charge in [0.1, 0.15) is 12.2 Å². The van der Waals surface area contributed by atoms with Crippen LogP contribution in [0, 0.1) is 23.7 Å². The number of hydrogen-bond donors (Lipinski definition) is 4. The van der Waals surface area contributed by atoms with Crippen molar-refractivity contribution in [2.75, 3.05) is 32.9 Å². The molecule has 1 aliphatic heterocycles. The third kappa shape index (κ3) is 7.77. The quantitative estimate of drug-likeness (QED) is 0.348. The smallest absolute Gasteiger partial charge is 0.391 e. The van der Waals surface area contributed by atoms with Crippen LogP contribution in [0.2, 0.25) is 0 Å². The van der Waals surface area contributed by atoms with E-state index in [0.717, 1.165) is 58.0 Å². The van der Waals surface area contributed by atoms with Crippen LogP contribution in [0.25, 0.3) is 0 Å². The Morgan fingerprint density at radius 3 is 2.26 bits per heavy atom. The minimum atomic E-state index is -4.04. The normalized spacial score (nSPS) is 38.2. The van der Waals surface area contributed by atoms with Crippen molar-refractivity contribution in [3.05, 3.63) is 0 Å². The van der Waals surface area contributed by atoms with Crippen LogP contribution in [0.4, 0.5) is 13.2 Å². The molecule has 2 aliphatic carbocycles. The Morgan fingerprint density at radius 2 is 1.59 bits per heavy atom. The van der Waals surface area contributed by atoms with Gasteiger partial charge in [-0.05, 0) is 82.1 Å². The first-order valence-electron chi connectivity index (χ1n) is 13.2. The lowest BCUT2D eigenvalue weighted by molar-refractivity contribution is -0.187. The van der Waals surface area contributed by atoms with E-state index in [-0.39, 0.29) is 19.1 Å². The first kappa shape index (κ1) is 28.1. The third-order valence-corrected chi connectivity index (χ3v) is 8.54. The Balaban J connectivity index is 1.24. The van der Waals surface area contributed by atoms with E-state index in [4.69, 9.17) is 4.74 Å². The van der Waals surface area contributed by atoms with Crippen LogP contribution >= 0.6 is 0 Å². The maximum Gasteiger partial charge on any atom is 0.391 e. The second kappa shape index (κ2) is 13.2. The van der Waals surface area contributed by atoms with Gasteiger partial charge in [0.2, 0.25) is 0 Å². The maximum absolute atomic E-state index is 13.1. The number of alkyl halides is 3. The molecule has 4 N–H and O–H groups in total. The van der Waals surface area contributed by atoms with Crippen molar-refractivity contribution in [1.29, 1.82) is 0 Å². The molecule has 3 fully saturated rings. The average Bonchev–Trinajstić information content (AvgIpc) is 2.82. The molecule has 0 radical (unpaired) electrons. The van der Waals surface area contributed by atoms with Crippen LogP contribution < -0.4 is 0 Å². The Bertz CT molecular complexity index is 587. The average molecular weight is 496 g/mol. The number of nitrogens with zero attached hydrogens (tertiary/aromatic N) is 1. The van der Waals surface area contributed by atoms with Gasteiger partial charge in [-0.15, -0.1) is 0 Å². The minimum Gasteiger partial charge on any atom is -0.395 e. The van der Waals surface area contributed by atoms with Crippen LogP contribution in [-0.2, 0) is 4.74 Å². The zero-order valence-electron chi connectivity index (χ0n) is 20.2. The molecular weight excluding hydrogens is 451 g/mol. The molecule has 0 bridgehead atoms. The number of unbranched alkanes of at least 4 members (excludes halogenated alkanes) is 2. The number of rotatable bonds is 10. The second-order valence-electron chi connectivity index (χ2n) is 10.9. The van der Waals surface area contributed by atoms with E-state index < -0.39 is 36.4 Å². The van der Waals surface area contributed by atoms with Crippen LogP contribution in [0.5, 0.6) is 0 Å². The molecule has 200 valence electrons. The lowest BCUT2D eigenvalue weighted by Crippen LogP contribution is -2.62. The highest BCUT2D eigenvalue weighted by atomic mass is 19.4. The third-order valence-electron chi connectivity index (χ3n) is 8.54. The van der Waals surface area contributed by atoms with E-state index in [2.05, 4.69) is 0 Å². The molecular formula is C25H44F3NO5. The zero-order chi connectivity index (χ0) is 24.7. The Labute approximate surface area is 201 Å². The van der Waals surface area contributed by atoms with Gasteiger partial charge in [-0.2, -0.15) is 13.2 Å². The summed E-state index contributed by atoms with van der Waals surface area (Å²) >= 11 is 0. The lowest BCUT2D eigenvalue weighted by Gasteiger charge is -2.43. The molecule has 1 saturated heterocycles. The number of aliphatic hydroxyl groups is 4. The van der Waals surface area contributed by atoms with Gasteiger partial charge >= 0.3 is 6.18 Å². The van der Waals surface area contributed by atoms with Crippen LogP contribution in [0.3, 0.4) is 0 Å². The zero-order valence-corrected chi connectivity index (χ0v) is 20.2. The number of halogens is 3. The molecule has 6 atom stereocenters. The Morgan fingerprint density at radius 1 is 0.853 bits per heavy atom. The van der Waals surface area contributed by atoms with Gasteiger partial charge < -0.3 is 25.2 Å². The van der Waals surface area contributed by atoms with Gasteiger partial charge in [0.15, 0.2) is 0 Å². The molecule has 0 aromatic rings. The van der Waals surface area contributed by atoms with Crippen molar-refractivity contribution in [3.8, 4) is 0 Å². The van der Waals surface area contributed by atoms with Gasteiger partial charge in [0.05, 0.1) is 24.7 Å². The number of piperidine rings is 1. The maximum atomic E-state index is 13.1. The summed E-state index contributed by atoms with van der Waals surface area (Å²) in [6, 6.07) is -0.558. The molecule has 0 amide bonds. The number of aliphatic hydroxyl groups excluding tert-OH is 4. The summed E-state index contributed by atoms with van der Waals surface area (Å²) in [7, 11) is 0. The fourth-order valence-electron chi connectivity index (χ4n) is 6.36. The van der Waals surface area contributed by atoms with Crippen LogP contribution in [0.1, 0.15) is 70.6 Å². The van der Waals surface area contributed by atoms with Gasteiger partial charge in [-0.1, -0.05) is 12.8 Å². The molecule has 2 unspecified atom stereocenters. The predicted molar refractivity (Wildman–Crippen MR) is 122 cm³/mol. The topological polar surface area (TPSA) is 93.4 Å². The highest BCUT2D eigenvalue weighted by Gasteiger charge is 2.44. The first-order chi connectivity index (χ1) is 16.2. The van der Waals surface area contributed by atoms with Crippen LogP contribution in [-0.4, -0.2) is 88.8 Å². The molecule has 9 heteroatoms. The van der Waals surface area contributed by atoms with Crippen molar-refractivity contribution >= 4 is 0 Å². The van der Waals surface area contributed by atoms with E-state index in [9.17, 15) is 33.6 Å². The van der Waals surface area contributed by atoms with E-state index in [1.54, 1.807) is 0 Å². The predicted octanol–water partition coefficient (Wildman–Crippen LogP) is 3.11. The van der Waals surface area contributed by atoms with E-state index in [1.807, 2.05) is 4.90 Å². The molecule has 6 nitrogen and oxygen atoms in total. The fraction of sp³-hybridized carbons (Fsp3) is 1.00. The minimum absolute atomic E-state index is 0.234. The van der Waals surface area contributed by atoms with E-state index >= 15 is 0 Å². The number of likely N-dealkylation sites (tertiary alicyclic amines) is 1. The number of β-amino-alcohol motifs (C(OH)–C–C–N with tert-alkyl or cyclic N) is 1. The van der Waals surface area contributed by atoms with Crippen LogP contribution in [0.15, 0.2) is 0 Å². The molecule has 1 heterocycles. The highest BCUT2D eigenvalue weighted by molar-refractivity contribution is 4.94. The molecule has 0 aromatic heterocycles. The van der Waals surface area contributed by atoms with E-state index in [0.29, 0.717) is 44.2 Å². The molecule has 0 spiro atoms. The molecule has 34 heavy (non-hydrogen) atoms. The summed E-state index contributed by atoms with van der Waals surface area (Å²) in [6.45, 7) is 1.99. The Hall–Kier alpha value is -0.450. The van der Waals surface area contributed by atoms with Crippen molar-refractivity contribution in [1.82, 2.24) is 4.90 Å². The van der Waals surface area contributed by atoms with Crippen molar-refractivity contribution in [2.45, 2.75) is 101 Å². The van der Waals surface area contributed by atoms with Crippen molar-refractivity contribution < 1.29 is 38.3 Å². The van der Waals surface area contributed by atoms with Crippen molar-refractivity contribution in [2.24, 2.45) is 23.7 Å². The second-order valence-corrected chi connectivity index (χ2v) is 10.9. The number of hydrogen-bond acceptors (Lipinski definition) is 6. The molecule has 3 rings (SSSR count). The highest BCUT2D eigenvalue weighted by Crippen LogP contribution is 2.46. The monoisotopic (exact) mass is 495 g/mol. The first-order valence-corrected chi connectivity index (χ1v) is 13.2. The molecule has 2 saturated carbocycles. The number of ether oxygens (including phenoxy) is 1. The Kier molecular flexibility index (Phi) is 10.9. The molecule has 3 aliphatic rings. The lowest BCUT2D eigenvalue weighted by atomic mass is 9.68.